The molecule has 0 saturated heterocycles. The van der Waals surface area contributed by atoms with E-state index in [9.17, 15) is 14.0 Å². The molecule has 0 spiro atoms. The third-order valence-electron chi connectivity index (χ3n) is 5.61. The van der Waals surface area contributed by atoms with E-state index in [-0.39, 0.29) is 22.9 Å². The van der Waals surface area contributed by atoms with Crippen molar-refractivity contribution in [1.82, 2.24) is 25.8 Å². The fourth-order valence-electron chi connectivity index (χ4n) is 3.31. The van der Waals surface area contributed by atoms with E-state index in [0.717, 1.165) is 5.56 Å². The number of urea groups is 1. The number of halogens is 1. The summed E-state index contributed by atoms with van der Waals surface area (Å²) in [5, 5.41) is 16.1. The van der Waals surface area contributed by atoms with E-state index in [0.29, 0.717) is 35.3 Å². The van der Waals surface area contributed by atoms with Crippen molar-refractivity contribution in [3.8, 4) is 22.4 Å². The second-order valence-corrected chi connectivity index (χ2v) is 8.58. The minimum Gasteiger partial charge on any atom is -0.379 e. The highest BCUT2D eigenvalue weighted by Crippen LogP contribution is 2.30. The van der Waals surface area contributed by atoms with Crippen LogP contribution in [0.25, 0.3) is 22.4 Å². The molecular formula is C25H29FN6O3. The number of aryl methyl sites for hydroxylation is 1. The average Bonchev–Trinajstić information content (AvgIpc) is 2.85. The van der Waals surface area contributed by atoms with Gasteiger partial charge in [0.15, 0.2) is 0 Å². The number of rotatable bonds is 8. The number of ether oxygens (including phenoxy) is 1. The molecule has 3 aromatic rings. The van der Waals surface area contributed by atoms with Gasteiger partial charge in [-0.3, -0.25) is 9.78 Å². The Hall–Kier alpha value is -3.92. The Balaban J connectivity index is 1.84. The van der Waals surface area contributed by atoms with Crippen LogP contribution in [-0.2, 0) is 4.74 Å². The van der Waals surface area contributed by atoms with Gasteiger partial charge in [-0.25, -0.2) is 9.18 Å². The van der Waals surface area contributed by atoms with Crippen molar-refractivity contribution in [3.05, 3.63) is 59.8 Å². The van der Waals surface area contributed by atoms with E-state index in [1.54, 1.807) is 38.4 Å². The number of carbonyl (C=O) groups excluding carboxylic acids is 2. The Morgan fingerprint density at radius 3 is 2.63 bits per heavy atom. The van der Waals surface area contributed by atoms with Crippen LogP contribution in [0.5, 0.6) is 0 Å². The Kier molecular flexibility index (Phi) is 8.08. The van der Waals surface area contributed by atoms with Crippen LogP contribution in [0.3, 0.4) is 0 Å². The molecule has 0 aliphatic heterocycles. The summed E-state index contributed by atoms with van der Waals surface area (Å²) in [7, 11) is 3.14. The van der Waals surface area contributed by atoms with E-state index < -0.39 is 11.8 Å². The summed E-state index contributed by atoms with van der Waals surface area (Å²) in [6.45, 7) is 5.95. The number of hydrogen-bond acceptors (Lipinski definition) is 6. The topological polar surface area (TPSA) is 118 Å². The molecule has 10 heteroatoms. The fraction of sp³-hybridized carbons (Fsp3) is 0.320. The lowest BCUT2D eigenvalue weighted by Crippen LogP contribution is -2.34. The highest BCUT2D eigenvalue weighted by Gasteiger charge is 2.17. The van der Waals surface area contributed by atoms with E-state index in [1.165, 1.54) is 25.4 Å². The third kappa shape index (κ3) is 6.57. The van der Waals surface area contributed by atoms with Crippen molar-refractivity contribution in [2.75, 3.05) is 26.0 Å². The molecule has 0 atom stereocenters. The van der Waals surface area contributed by atoms with Gasteiger partial charge < -0.3 is 20.7 Å². The van der Waals surface area contributed by atoms with Crippen molar-refractivity contribution in [2.45, 2.75) is 32.8 Å². The van der Waals surface area contributed by atoms with Crippen molar-refractivity contribution in [2.24, 2.45) is 0 Å². The Bertz CT molecular complexity index is 1230. The Morgan fingerprint density at radius 2 is 1.91 bits per heavy atom. The van der Waals surface area contributed by atoms with E-state index in [2.05, 4.69) is 31.1 Å². The van der Waals surface area contributed by atoms with Gasteiger partial charge in [-0.2, -0.15) is 10.2 Å². The minimum atomic E-state index is -0.563. The lowest BCUT2D eigenvalue weighted by Gasteiger charge is -2.22. The first-order valence-electron chi connectivity index (χ1n) is 11.1. The number of benzene rings is 1. The van der Waals surface area contributed by atoms with Gasteiger partial charge >= 0.3 is 6.03 Å². The monoisotopic (exact) mass is 480 g/mol. The highest BCUT2D eigenvalue weighted by atomic mass is 19.1. The van der Waals surface area contributed by atoms with Gasteiger partial charge in [0.05, 0.1) is 23.2 Å². The zero-order valence-corrected chi connectivity index (χ0v) is 20.4. The van der Waals surface area contributed by atoms with Gasteiger partial charge in [-0.05, 0) is 68.7 Å². The van der Waals surface area contributed by atoms with Crippen LogP contribution in [0.2, 0.25) is 0 Å². The summed E-state index contributed by atoms with van der Waals surface area (Å²) in [6, 6.07) is 7.53. The number of carbonyl (C=O) groups is 2. The van der Waals surface area contributed by atoms with Crippen LogP contribution in [-0.4, -0.2) is 53.4 Å². The van der Waals surface area contributed by atoms with Gasteiger partial charge in [0.1, 0.15) is 11.5 Å². The largest absolute Gasteiger partial charge is 0.379 e. The lowest BCUT2D eigenvalue weighted by molar-refractivity contribution is 0.0165. The minimum absolute atomic E-state index is 0.0205. The Morgan fingerprint density at radius 1 is 1.14 bits per heavy atom. The van der Waals surface area contributed by atoms with Gasteiger partial charge in [-0.15, -0.1) is 0 Å². The quantitative estimate of drug-likeness (QED) is 0.449. The molecule has 9 nitrogen and oxygen atoms in total. The van der Waals surface area contributed by atoms with Crippen LogP contribution in [0, 0.1) is 12.7 Å². The normalized spacial score (nSPS) is 11.1. The van der Waals surface area contributed by atoms with Crippen molar-refractivity contribution < 1.29 is 18.7 Å². The van der Waals surface area contributed by atoms with Crippen LogP contribution >= 0.6 is 0 Å². The highest BCUT2D eigenvalue weighted by molar-refractivity contribution is 5.93. The molecule has 184 valence electrons. The van der Waals surface area contributed by atoms with Crippen molar-refractivity contribution in [1.29, 1.82) is 0 Å². The smallest absolute Gasteiger partial charge is 0.319 e. The fourth-order valence-corrected chi connectivity index (χ4v) is 3.31. The number of nitrogens with zero attached hydrogens (tertiary/aromatic N) is 3. The third-order valence-corrected chi connectivity index (χ3v) is 5.61. The molecule has 0 saturated carbocycles. The first-order valence-corrected chi connectivity index (χ1v) is 11.1. The second-order valence-electron chi connectivity index (χ2n) is 8.58. The molecule has 0 fully saturated rings. The molecule has 0 unspecified atom stereocenters. The van der Waals surface area contributed by atoms with Crippen LogP contribution in [0.1, 0.15) is 36.3 Å². The van der Waals surface area contributed by atoms with Crippen molar-refractivity contribution >= 4 is 17.6 Å². The number of hydrogen-bond donors (Lipinski definition) is 3. The average molecular weight is 481 g/mol. The predicted octanol–water partition coefficient (Wildman–Crippen LogP) is 3.95. The van der Waals surface area contributed by atoms with Gasteiger partial charge in [0, 0.05) is 38.0 Å². The second kappa shape index (κ2) is 11.0. The summed E-state index contributed by atoms with van der Waals surface area (Å²) in [4.78, 5) is 28.3. The first-order chi connectivity index (χ1) is 16.6. The van der Waals surface area contributed by atoms with Crippen molar-refractivity contribution in [3.63, 3.8) is 0 Å². The van der Waals surface area contributed by atoms with Crippen LogP contribution in [0.4, 0.5) is 14.9 Å². The predicted molar refractivity (Wildman–Crippen MR) is 132 cm³/mol. The first kappa shape index (κ1) is 25.7. The summed E-state index contributed by atoms with van der Waals surface area (Å²) in [6.07, 6.45) is 3.70. The zero-order chi connectivity index (χ0) is 25.6. The van der Waals surface area contributed by atoms with E-state index in [1.807, 2.05) is 13.8 Å². The molecule has 2 heterocycles. The standard InChI is InChI=1S/C25H29FN6O3/c1-15-10-19(26)21(31-24(34)29-9-7-25(2,3)35-5)13-18(15)20-12-17(14-30-32-20)16-6-8-28-22(11-16)23(33)27-4/h6,8,10-14H,7,9H2,1-5H3,(H,27,33)(H2,29,31,34). The molecule has 3 rings (SSSR count). The lowest BCUT2D eigenvalue weighted by atomic mass is 10.0. The number of amides is 3. The maximum atomic E-state index is 14.6. The molecule has 0 aliphatic carbocycles. The number of anilines is 1. The molecule has 0 bridgehead atoms. The molecule has 35 heavy (non-hydrogen) atoms. The maximum absolute atomic E-state index is 14.6. The number of nitrogens with one attached hydrogen (secondary N) is 3. The SMILES string of the molecule is CNC(=O)c1cc(-c2cnnc(-c3cc(NC(=O)NCCC(C)(C)OC)c(F)cc3C)c2)ccn1. The summed E-state index contributed by atoms with van der Waals surface area (Å²) < 4.78 is 20.0. The van der Waals surface area contributed by atoms with Crippen LogP contribution < -0.4 is 16.0 Å². The number of aromatic nitrogens is 3. The Labute approximate surface area is 203 Å². The molecule has 1 aromatic carbocycles. The maximum Gasteiger partial charge on any atom is 0.319 e. The molecule has 0 aliphatic rings. The number of methoxy groups -OCH3 is 1. The van der Waals surface area contributed by atoms with Crippen LogP contribution in [0.15, 0.2) is 42.7 Å². The number of pyridine rings is 1. The summed E-state index contributed by atoms with van der Waals surface area (Å²) >= 11 is 0. The molecular weight excluding hydrogens is 451 g/mol. The molecule has 0 radical (unpaired) electrons. The zero-order valence-electron chi connectivity index (χ0n) is 20.4. The van der Waals surface area contributed by atoms with Gasteiger partial charge in [-0.1, -0.05) is 0 Å². The molecule has 3 amide bonds. The molecule has 2 aromatic heterocycles. The summed E-state index contributed by atoms with van der Waals surface area (Å²) in [5.41, 5.74) is 3.07. The summed E-state index contributed by atoms with van der Waals surface area (Å²) in [5.74, 6) is -0.865. The van der Waals surface area contributed by atoms with Gasteiger partial charge in [0.25, 0.3) is 5.91 Å². The molecule has 3 N–H and O–H groups in total. The van der Waals surface area contributed by atoms with E-state index >= 15 is 0 Å². The van der Waals surface area contributed by atoms with Gasteiger partial charge in [0.2, 0.25) is 0 Å². The van der Waals surface area contributed by atoms with E-state index in [4.69, 9.17) is 4.74 Å².